The predicted molar refractivity (Wildman–Crippen MR) is 180 cm³/mol. The zero-order valence-electron chi connectivity index (χ0n) is 30.5. The van der Waals surface area contributed by atoms with Crippen LogP contribution in [0.1, 0.15) is 158 Å². The van der Waals surface area contributed by atoms with E-state index in [-0.39, 0.29) is 42.8 Å². The molecule has 0 N–H and O–H groups in total. The van der Waals surface area contributed by atoms with Crippen molar-refractivity contribution in [2.24, 2.45) is 0 Å². The summed E-state index contributed by atoms with van der Waals surface area (Å²) in [5, 5.41) is 17.0. The van der Waals surface area contributed by atoms with E-state index in [1.165, 1.54) is 96.3 Å². The fourth-order valence-electron chi connectivity index (χ4n) is 6.43. The first-order valence-electron chi connectivity index (χ1n) is 17.4. The van der Waals surface area contributed by atoms with Crippen LogP contribution in [0.3, 0.4) is 0 Å². The van der Waals surface area contributed by atoms with E-state index in [0.717, 1.165) is 13.0 Å². The second kappa shape index (κ2) is 26.7. The molecule has 0 spiro atoms. The van der Waals surface area contributed by atoms with E-state index in [4.69, 9.17) is 19.2 Å². The first-order valence-corrected chi connectivity index (χ1v) is 19.5. The number of unbranched alkanes of at least 4 members (excludes halogenated alkanes) is 15. The van der Waals surface area contributed by atoms with Crippen LogP contribution in [0, 0.1) is 11.3 Å². The molecular formula is C35H66N3NaO3Si. The summed E-state index contributed by atoms with van der Waals surface area (Å²) in [6.07, 6.45) is 21.6. The number of nitrogens with zero attached hydrogens (tertiary/aromatic N) is 3. The summed E-state index contributed by atoms with van der Waals surface area (Å²) in [5.41, 5.74) is 1.78. The van der Waals surface area contributed by atoms with Crippen molar-refractivity contribution in [1.29, 1.82) is 5.26 Å². The van der Waals surface area contributed by atoms with Crippen molar-refractivity contribution in [3.05, 3.63) is 17.8 Å². The van der Waals surface area contributed by atoms with Crippen molar-refractivity contribution in [2.45, 2.75) is 174 Å². The zero-order valence-corrected chi connectivity index (χ0v) is 32.5. The maximum atomic E-state index is 9.03. The van der Waals surface area contributed by atoms with E-state index >= 15 is 0 Å². The van der Waals surface area contributed by atoms with E-state index in [9.17, 15) is 0 Å². The number of rotatable bonds is 27. The molecule has 0 radical (unpaired) electrons. The van der Waals surface area contributed by atoms with Gasteiger partial charge in [-0.25, -0.2) is 0 Å². The molecule has 0 saturated carbocycles. The Morgan fingerprint density at radius 2 is 1.16 bits per heavy atom. The van der Waals surface area contributed by atoms with Crippen LogP contribution >= 0.6 is 0 Å². The summed E-state index contributed by atoms with van der Waals surface area (Å²) in [6.45, 7) is 17.7. The van der Waals surface area contributed by atoms with Gasteiger partial charge in [0.1, 0.15) is 12.2 Å². The monoisotopic (exact) mass is 627 g/mol. The van der Waals surface area contributed by atoms with Gasteiger partial charge in [0, 0.05) is 12.7 Å². The number of hydrogen-bond acceptors (Lipinski definition) is 6. The van der Waals surface area contributed by atoms with Gasteiger partial charge in [-0.3, -0.25) is 0 Å². The third-order valence-electron chi connectivity index (χ3n) is 8.71. The summed E-state index contributed by atoms with van der Waals surface area (Å²) < 4.78 is 19.1. The summed E-state index contributed by atoms with van der Waals surface area (Å²) in [4.78, 5) is 0. The third-order valence-corrected chi connectivity index (χ3v) is 14.8. The smallest absolute Gasteiger partial charge is 1.00 e. The van der Waals surface area contributed by atoms with Crippen molar-refractivity contribution in [1.82, 2.24) is 10.2 Å². The SMILES string of the molecule is CCCCCCCCCCCCCCCCCCOC[C@H](CO[Si](C(C)C)(C(C)C)C(C)C)Oc1ccc(C#N)nn1.[H-].[Na+]. The predicted octanol–water partition coefficient (Wildman–Crippen LogP) is 7.68. The van der Waals surface area contributed by atoms with Crippen LogP contribution in [0.15, 0.2) is 12.1 Å². The molecule has 244 valence electrons. The maximum absolute atomic E-state index is 9.03. The quantitative estimate of drug-likeness (QED) is 0.0736. The molecule has 1 rings (SSSR count). The number of nitriles is 1. The van der Waals surface area contributed by atoms with E-state index < -0.39 is 8.32 Å². The molecular weight excluding hydrogens is 561 g/mol. The van der Waals surface area contributed by atoms with Gasteiger partial charge < -0.3 is 15.3 Å². The molecule has 0 aromatic carbocycles. The second-order valence-corrected chi connectivity index (χ2v) is 18.6. The molecule has 0 bridgehead atoms. The Bertz CT molecular complexity index is 803. The second-order valence-electron chi connectivity index (χ2n) is 13.1. The van der Waals surface area contributed by atoms with Crippen LogP contribution in [0.25, 0.3) is 0 Å². The topological polar surface area (TPSA) is 77.3 Å². The van der Waals surface area contributed by atoms with Crippen LogP contribution in [-0.4, -0.2) is 44.4 Å². The molecule has 1 heterocycles. The van der Waals surface area contributed by atoms with E-state index in [1.807, 2.05) is 6.07 Å². The molecule has 43 heavy (non-hydrogen) atoms. The Morgan fingerprint density at radius 1 is 0.698 bits per heavy atom. The number of hydrogen-bond donors (Lipinski definition) is 0. The number of ether oxygens (including phenoxy) is 2. The first kappa shape index (κ1) is 42.5. The van der Waals surface area contributed by atoms with Crippen molar-refractivity contribution in [2.75, 3.05) is 19.8 Å². The molecule has 1 atom stereocenters. The minimum absolute atomic E-state index is 0. The average molecular weight is 628 g/mol. The molecule has 0 aliphatic carbocycles. The largest absolute Gasteiger partial charge is 1.00 e. The van der Waals surface area contributed by atoms with E-state index in [2.05, 4.69) is 58.7 Å². The van der Waals surface area contributed by atoms with Gasteiger partial charge in [-0.05, 0) is 29.1 Å². The van der Waals surface area contributed by atoms with Gasteiger partial charge in [-0.1, -0.05) is 145 Å². The molecule has 0 aliphatic heterocycles. The van der Waals surface area contributed by atoms with E-state index in [1.54, 1.807) is 12.1 Å². The summed E-state index contributed by atoms with van der Waals surface area (Å²) in [5.74, 6) is 0.402. The van der Waals surface area contributed by atoms with Crippen LogP contribution in [0.2, 0.25) is 16.6 Å². The molecule has 6 nitrogen and oxygen atoms in total. The van der Waals surface area contributed by atoms with Gasteiger partial charge in [0.15, 0.2) is 5.69 Å². The molecule has 1 aromatic rings. The van der Waals surface area contributed by atoms with Crippen molar-refractivity contribution < 1.29 is 44.9 Å². The Balaban J connectivity index is 0. The first-order chi connectivity index (χ1) is 20.3. The zero-order chi connectivity index (χ0) is 31.1. The van der Waals surface area contributed by atoms with Crippen molar-refractivity contribution >= 4 is 8.32 Å². The van der Waals surface area contributed by atoms with E-state index in [0.29, 0.717) is 35.7 Å². The van der Waals surface area contributed by atoms with Crippen LogP contribution in [-0.2, 0) is 9.16 Å². The molecule has 0 unspecified atom stereocenters. The van der Waals surface area contributed by atoms with Gasteiger partial charge in [-0.2, -0.15) is 5.26 Å². The molecule has 0 aliphatic rings. The van der Waals surface area contributed by atoms with Crippen LogP contribution in [0.5, 0.6) is 5.88 Å². The van der Waals surface area contributed by atoms with Crippen LogP contribution < -0.4 is 34.3 Å². The van der Waals surface area contributed by atoms with Gasteiger partial charge in [0.2, 0.25) is 14.2 Å². The molecule has 8 heteroatoms. The van der Waals surface area contributed by atoms with Crippen molar-refractivity contribution in [3.63, 3.8) is 0 Å². The van der Waals surface area contributed by atoms with Crippen LogP contribution in [0.4, 0.5) is 0 Å². The Hall–Kier alpha value is -0.493. The summed E-state index contributed by atoms with van der Waals surface area (Å²) in [7, 11) is -2.03. The normalized spacial score (nSPS) is 12.5. The Morgan fingerprint density at radius 3 is 1.56 bits per heavy atom. The van der Waals surface area contributed by atoms with Gasteiger partial charge in [-0.15, -0.1) is 10.2 Å². The maximum Gasteiger partial charge on any atom is 1.00 e. The fraction of sp³-hybridized carbons (Fsp3) is 0.857. The number of aromatic nitrogens is 2. The third kappa shape index (κ3) is 18.3. The minimum atomic E-state index is -2.03. The molecule has 1 aromatic heterocycles. The van der Waals surface area contributed by atoms with Gasteiger partial charge in [0.05, 0.1) is 13.2 Å². The average Bonchev–Trinajstić information content (AvgIpc) is 2.96. The summed E-state index contributed by atoms with van der Waals surface area (Å²) in [6, 6.07) is 5.34. The minimum Gasteiger partial charge on any atom is -1.00 e. The molecule has 0 saturated heterocycles. The van der Waals surface area contributed by atoms with Gasteiger partial charge >= 0.3 is 29.6 Å². The standard InChI is InChI=1S/C35H65N3O3Si.Na.H/c1-8-9-10-11-12-13-14-15-16-17-18-19-20-21-22-23-26-39-28-34(41-35-25-24-33(27-36)37-38-35)29-40-42(30(2)3,31(4)5)32(6)7;;/h24-25,30-32,34H,8-23,26,28-29H2,1-7H3;;/q;+1;-1/t34-;;/m1../s1. The Labute approximate surface area is 290 Å². The molecule has 0 fully saturated rings. The fourth-order valence-corrected chi connectivity index (χ4v) is 11.9. The Kier molecular flexibility index (Phi) is 26.4. The van der Waals surface area contributed by atoms with Crippen molar-refractivity contribution in [3.8, 4) is 11.9 Å². The van der Waals surface area contributed by atoms with Gasteiger partial charge in [0.25, 0.3) is 0 Å². The molecule has 0 amide bonds. The summed E-state index contributed by atoms with van der Waals surface area (Å²) >= 11 is 0.